The van der Waals surface area contributed by atoms with E-state index in [1.165, 1.54) is 11.0 Å². The quantitative estimate of drug-likeness (QED) is 0.832. The number of nitrogens with one attached hydrogen (secondary N) is 1. The highest BCUT2D eigenvalue weighted by Crippen LogP contribution is 2.08. The van der Waals surface area contributed by atoms with E-state index >= 15 is 0 Å². The zero-order chi connectivity index (χ0) is 13.0. The summed E-state index contributed by atoms with van der Waals surface area (Å²) < 4.78 is 1.49. The van der Waals surface area contributed by atoms with Crippen LogP contribution < -0.4 is 11.1 Å². The summed E-state index contributed by atoms with van der Waals surface area (Å²) in [7, 11) is 0. The lowest BCUT2D eigenvalue weighted by molar-refractivity contribution is 0.0941. The molecule has 0 saturated carbocycles. The predicted octanol–water partition coefficient (Wildman–Crippen LogP) is 0.161. The second kappa shape index (κ2) is 6.81. The molecule has 0 aliphatic heterocycles. The maximum atomic E-state index is 11.9. The van der Waals surface area contributed by atoms with Crippen LogP contribution in [-0.4, -0.2) is 38.7 Å². The van der Waals surface area contributed by atoms with Crippen molar-refractivity contribution in [2.45, 2.75) is 13.0 Å². The lowest BCUT2D eigenvalue weighted by atomic mass is 10.1. The zero-order valence-electron chi connectivity index (χ0n) is 10.4. The first-order valence-corrected chi connectivity index (χ1v) is 5.55. The first-order valence-electron chi connectivity index (χ1n) is 5.55. The molecule has 1 atom stereocenters. The summed E-state index contributed by atoms with van der Waals surface area (Å²) >= 11 is 0. The molecule has 0 spiro atoms. The largest absolute Gasteiger partial charge is 0.348 e. The number of hydrogen-bond donors (Lipinski definition) is 2. The van der Waals surface area contributed by atoms with Crippen LogP contribution in [0.1, 0.15) is 17.3 Å². The van der Waals surface area contributed by atoms with Gasteiger partial charge in [0.05, 0.1) is 5.69 Å². The molecule has 0 unspecified atom stereocenters. The summed E-state index contributed by atoms with van der Waals surface area (Å²) in [4.78, 5) is 11.9. The van der Waals surface area contributed by atoms with Crippen LogP contribution in [0.25, 0.3) is 5.69 Å². The third kappa shape index (κ3) is 3.73. The molecular weight excluding hydrogens is 268 g/mol. The average molecular weight is 283 g/mol. The average Bonchev–Trinajstić information content (AvgIpc) is 2.92. The van der Waals surface area contributed by atoms with Gasteiger partial charge in [-0.3, -0.25) is 4.79 Å². The third-order valence-electron chi connectivity index (χ3n) is 2.45. The SMILES string of the molecule is C[C@@H](CN)NC(=O)c1cccc(-n2cnnn2)c1.Cl. The highest BCUT2D eigenvalue weighted by molar-refractivity contribution is 5.94. The maximum absolute atomic E-state index is 11.9. The van der Waals surface area contributed by atoms with Gasteiger partial charge in [0, 0.05) is 18.2 Å². The van der Waals surface area contributed by atoms with Gasteiger partial charge in [-0.15, -0.1) is 17.5 Å². The molecule has 0 fully saturated rings. The van der Waals surface area contributed by atoms with Gasteiger partial charge in [0.15, 0.2) is 0 Å². The summed E-state index contributed by atoms with van der Waals surface area (Å²) in [5.41, 5.74) is 6.73. The van der Waals surface area contributed by atoms with Gasteiger partial charge in [-0.2, -0.15) is 0 Å². The van der Waals surface area contributed by atoms with Crippen LogP contribution in [0.2, 0.25) is 0 Å². The van der Waals surface area contributed by atoms with Crippen LogP contribution in [0.5, 0.6) is 0 Å². The van der Waals surface area contributed by atoms with Crippen molar-refractivity contribution in [1.29, 1.82) is 0 Å². The number of benzene rings is 1. The van der Waals surface area contributed by atoms with Crippen LogP contribution in [0.15, 0.2) is 30.6 Å². The molecule has 19 heavy (non-hydrogen) atoms. The summed E-state index contributed by atoms with van der Waals surface area (Å²) in [6.07, 6.45) is 1.47. The van der Waals surface area contributed by atoms with Crippen LogP contribution in [0.3, 0.4) is 0 Å². The third-order valence-corrected chi connectivity index (χ3v) is 2.45. The number of carbonyl (C=O) groups is 1. The van der Waals surface area contributed by atoms with Crippen LogP contribution in [0, 0.1) is 0 Å². The minimum absolute atomic E-state index is 0. The Bertz CT molecular complexity index is 530. The Morgan fingerprint density at radius 3 is 2.95 bits per heavy atom. The van der Waals surface area contributed by atoms with Crippen molar-refractivity contribution in [1.82, 2.24) is 25.5 Å². The molecule has 0 aliphatic carbocycles. The highest BCUT2D eigenvalue weighted by atomic mass is 35.5. The molecule has 1 aromatic carbocycles. The van der Waals surface area contributed by atoms with Crippen molar-refractivity contribution >= 4 is 18.3 Å². The van der Waals surface area contributed by atoms with Gasteiger partial charge in [0.1, 0.15) is 6.33 Å². The number of halogens is 1. The first-order chi connectivity index (χ1) is 8.70. The standard InChI is InChI=1S/C11H14N6O.ClH/c1-8(6-12)14-11(18)9-3-2-4-10(5-9)17-7-13-15-16-17;/h2-5,7-8H,6,12H2,1H3,(H,14,18);1H/t8-;/m0./s1. The Kier molecular flexibility index (Phi) is 5.40. The van der Waals surface area contributed by atoms with E-state index in [2.05, 4.69) is 20.8 Å². The molecule has 2 rings (SSSR count). The van der Waals surface area contributed by atoms with E-state index < -0.39 is 0 Å². The van der Waals surface area contributed by atoms with Crippen LogP contribution >= 0.6 is 12.4 Å². The smallest absolute Gasteiger partial charge is 0.251 e. The lowest BCUT2D eigenvalue weighted by Crippen LogP contribution is -2.37. The Hall–Kier alpha value is -1.99. The minimum atomic E-state index is -0.164. The van der Waals surface area contributed by atoms with E-state index in [0.717, 1.165) is 5.69 Å². The lowest BCUT2D eigenvalue weighted by Gasteiger charge is -2.11. The highest BCUT2D eigenvalue weighted by Gasteiger charge is 2.09. The van der Waals surface area contributed by atoms with E-state index in [4.69, 9.17) is 5.73 Å². The zero-order valence-corrected chi connectivity index (χ0v) is 11.2. The Morgan fingerprint density at radius 1 is 1.53 bits per heavy atom. The summed E-state index contributed by atoms with van der Waals surface area (Å²) in [5, 5.41) is 13.7. The van der Waals surface area contributed by atoms with E-state index in [-0.39, 0.29) is 24.4 Å². The van der Waals surface area contributed by atoms with Gasteiger partial charge in [-0.25, -0.2) is 4.68 Å². The van der Waals surface area contributed by atoms with Crippen molar-refractivity contribution in [3.63, 3.8) is 0 Å². The fourth-order valence-corrected chi connectivity index (χ4v) is 1.44. The van der Waals surface area contributed by atoms with Crippen LogP contribution in [-0.2, 0) is 0 Å². The molecular formula is C11H15ClN6O. The number of carbonyl (C=O) groups excluding carboxylic acids is 1. The van der Waals surface area contributed by atoms with Crippen molar-refractivity contribution in [3.05, 3.63) is 36.2 Å². The Labute approximate surface area is 116 Å². The summed E-state index contributed by atoms with van der Waals surface area (Å²) in [6.45, 7) is 2.25. The molecule has 7 nitrogen and oxygen atoms in total. The molecule has 1 heterocycles. The predicted molar refractivity (Wildman–Crippen MR) is 72.4 cm³/mol. The second-order valence-electron chi connectivity index (χ2n) is 3.91. The summed E-state index contributed by atoms with van der Waals surface area (Å²) in [6, 6.07) is 6.98. The number of tetrazole rings is 1. The van der Waals surface area contributed by atoms with E-state index in [9.17, 15) is 4.79 Å². The molecule has 0 aliphatic rings. The summed E-state index contributed by atoms with van der Waals surface area (Å²) in [5.74, 6) is -0.164. The number of amides is 1. The molecule has 0 saturated heterocycles. The number of rotatable bonds is 4. The molecule has 3 N–H and O–H groups in total. The van der Waals surface area contributed by atoms with Gasteiger partial charge < -0.3 is 11.1 Å². The Balaban J connectivity index is 0.00000180. The second-order valence-corrected chi connectivity index (χ2v) is 3.91. The van der Waals surface area contributed by atoms with Gasteiger partial charge in [-0.1, -0.05) is 6.07 Å². The molecule has 1 amide bonds. The van der Waals surface area contributed by atoms with E-state index in [1.807, 2.05) is 13.0 Å². The first kappa shape index (κ1) is 15.1. The van der Waals surface area contributed by atoms with Crippen molar-refractivity contribution < 1.29 is 4.79 Å². The number of aromatic nitrogens is 4. The molecule has 2 aromatic rings. The van der Waals surface area contributed by atoms with E-state index in [1.54, 1.807) is 18.2 Å². The molecule has 0 radical (unpaired) electrons. The molecule has 102 valence electrons. The monoisotopic (exact) mass is 282 g/mol. The van der Waals surface area contributed by atoms with Crippen molar-refractivity contribution in [2.75, 3.05) is 6.54 Å². The van der Waals surface area contributed by atoms with Crippen molar-refractivity contribution in [3.8, 4) is 5.69 Å². The fraction of sp³-hybridized carbons (Fsp3) is 0.273. The fourth-order valence-electron chi connectivity index (χ4n) is 1.44. The van der Waals surface area contributed by atoms with E-state index in [0.29, 0.717) is 12.1 Å². The van der Waals surface area contributed by atoms with Crippen LogP contribution in [0.4, 0.5) is 0 Å². The van der Waals surface area contributed by atoms with Gasteiger partial charge in [-0.05, 0) is 35.5 Å². The number of hydrogen-bond acceptors (Lipinski definition) is 5. The molecule has 0 bridgehead atoms. The molecule has 8 heteroatoms. The minimum Gasteiger partial charge on any atom is -0.348 e. The van der Waals surface area contributed by atoms with Gasteiger partial charge in [0.2, 0.25) is 0 Å². The normalized spacial score (nSPS) is 11.5. The maximum Gasteiger partial charge on any atom is 0.251 e. The Morgan fingerprint density at radius 2 is 2.32 bits per heavy atom. The molecule has 1 aromatic heterocycles. The number of nitrogens with two attached hydrogens (primary N) is 1. The topological polar surface area (TPSA) is 98.7 Å². The number of nitrogens with zero attached hydrogens (tertiary/aromatic N) is 4. The van der Waals surface area contributed by atoms with Gasteiger partial charge in [0.25, 0.3) is 5.91 Å². The van der Waals surface area contributed by atoms with Crippen molar-refractivity contribution in [2.24, 2.45) is 5.73 Å². The van der Waals surface area contributed by atoms with Gasteiger partial charge >= 0.3 is 0 Å².